The van der Waals surface area contributed by atoms with Crippen molar-refractivity contribution in [1.29, 1.82) is 0 Å². The van der Waals surface area contributed by atoms with Crippen molar-refractivity contribution in [1.82, 2.24) is 0 Å². The van der Waals surface area contributed by atoms with E-state index in [0.717, 1.165) is 29.4 Å². The largest absolute Gasteiger partial charge is 0.459 e. The number of carbonyl (C=O) groups excluding carboxylic acids is 1. The third kappa shape index (κ3) is 2.86. The normalized spacial score (nSPS) is 20.2. The molecule has 0 amide bonds. The Kier molecular flexibility index (Phi) is 4.00. The summed E-state index contributed by atoms with van der Waals surface area (Å²) < 4.78 is 5.73. The second-order valence-electron chi connectivity index (χ2n) is 8.22. The number of esters is 1. The van der Waals surface area contributed by atoms with Crippen LogP contribution in [0.1, 0.15) is 56.7 Å². The summed E-state index contributed by atoms with van der Waals surface area (Å²) >= 11 is 0. The monoisotopic (exact) mass is 347 g/mol. The van der Waals surface area contributed by atoms with Gasteiger partial charge in [-0.3, -0.25) is 4.79 Å². The molecule has 3 heteroatoms. The van der Waals surface area contributed by atoms with E-state index in [0.29, 0.717) is 0 Å². The molecule has 0 heterocycles. The van der Waals surface area contributed by atoms with Crippen molar-refractivity contribution in [2.45, 2.75) is 51.2 Å². The van der Waals surface area contributed by atoms with Gasteiger partial charge in [-0.1, -0.05) is 48.5 Å². The Bertz CT molecular complexity index is 1000. The number of carbonyl (C=O) groups is 1. The number of ether oxygens (including phenoxy) is 1. The maximum atomic E-state index is 12.9. The van der Waals surface area contributed by atoms with E-state index in [-0.39, 0.29) is 17.9 Å². The van der Waals surface area contributed by atoms with Crippen LogP contribution in [0.25, 0.3) is 21.5 Å². The molecule has 134 valence electrons. The molecular weight excluding hydrogens is 322 g/mol. The molecular formula is C23H25NO2. The van der Waals surface area contributed by atoms with Gasteiger partial charge in [0.15, 0.2) is 0 Å². The highest BCUT2D eigenvalue weighted by Gasteiger charge is 2.34. The summed E-state index contributed by atoms with van der Waals surface area (Å²) in [4.78, 5) is 12.9. The van der Waals surface area contributed by atoms with Crippen molar-refractivity contribution in [2.24, 2.45) is 5.73 Å². The first kappa shape index (κ1) is 17.0. The van der Waals surface area contributed by atoms with E-state index in [1.165, 1.54) is 16.2 Å². The molecule has 2 atom stereocenters. The van der Waals surface area contributed by atoms with Crippen LogP contribution in [0.15, 0.2) is 48.5 Å². The average molecular weight is 347 g/mol. The van der Waals surface area contributed by atoms with Crippen LogP contribution in [0.5, 0.6) is 0 Å². The van der Waals surface area contributed by atoms with Gasteiger partial charge in [0.05, 0.1) is 5.92 Å². The molecule has 26 heavy (non-hydrogen) atoms. The highest BCUT2D eigenvalue weighted by molar-refractivity contribution is 6.09. The van der Waals surface area contributed by atoms with Crippen molar-refractivity contribution >= 4 is 27.5 Å². The molecule has 3 aromatic rings. The Morgan fingerprint density at radius 1 is 0.962 bits per heavy atom. The minimum absolute atomic E-state index is 0.0282. The molecule has 1 aliphatic rings. The van der Waals surface area contributed by atoms with Gasteiger partial charge in [-0.2, -0.15) is 0 Å². The molecule has 0 spiro atoms. The Hall–Kier alpha value is -2.39. The topological polar surface area (TPSA) is 52.3 Å². The maximum absolute atomic E-state index is 12.9. The molecule has 3 nitrogen and oxygen atoms in total. The lowest BCUT2D eigenvalue weighted by molar-refractivity contribution is -0.157. The van der Waals surface area contributed by atoms with Gasteiger partial charge >= 0.3 is 5.97 Å². The van der Waals surface area contributed by atoms with Gasteiger partial charge in [0.1, 0.15) is 5.60 Å². The van der Waals surface area contributed by atoms with Crippen molar-refractivity contribution in [2.75, 3.05) is 0 Å². The van der Waals surface area contributed by atoms with E-state index in [1.807, 2.05) is 26.8 Å². The molecule has 0 aromatic heterocycles. The lowest BCUT2D eigenvalue weighted by Crippen LogP contribution is -2.31. The number of benzene rings is 3. The second-order valence-corrected chi connectivity index (χ2v) is 8.22. The Labute approximate surface area is 154 Å². The van der Waals surface area contributed by atoms with Gasteiger partial charge in [-0.25, -0.2) is 0 Å². The quantitative estimate of drug-likeness (QED) is 0.485. The summed E-state index contributed by atoms with van der Waals surface area (Å²) in [6, 6.07) is 16.8. The third-order valence-corrected chi connectivity index (χ3v) is 5.21. The van der Waals surface area contributed by atoms with Crippen LogP contribution < -0.4 is 5.73 Å². The molecule has 2 N–H and O–H groups in total. The fraction of sp³-hybridized carbons (Fsp3) is 0.348. The number of rotatable bonds is 1. The van der Waals surface area contributed by atoms with Crippen molar-refractivity contribution in [3.63, 3.8) is 0 Å². The van der Waals surface area contributed by atoms with E-state index < -0.39 is 5.60 Å². The van der Waals surface area contributed by atoms with Gasteiger partial charge in [0.2, 0.25) is 0 Å². The lowest BCUT2D eigenvalue weighted by Gasteiger charge is -2.32. The molecule has 0 saturated heterocycles. The van der Waals surface area contributed by atoms with Crippen LogP contribution in [0, 0.1) is 0 Å². The zero-order valence-electron chi connectivity index (χ0n) is 15.6. The summed E-state index contributed by atoms with van der Waals surface area (Å²) in [6.45, 7) is 5.74. The van der Waals surface area contributed by atoms with Crippen LogP contribution in [0.4, 0.5) is 0 Å². The van der Waals surface area contributed by atoms with E-state index in [4.69, 9.17) is 10.5 Å². The van der Waals surface area contributed by atoms with Gasteiger partial charge in [-0.15, -0.1) is 0 Å². The van der Waals surface area contributed by atoms with Gasteiger partial charge in [-0.05, 0) is 66.3 Å². The first-order valence-corrected chi connectivity index (χ1v) is 9.28. The summed E-state index contributed by atoms with van der Waals surface area (Å²) in [5.41, 5.74) is 8.03. The van der Waals surface area contributed by atoms with Gasteiger partial charge in [0, 0.05) is 6.04 Å². The van der Waals surface area contributed by atoms with Crippen molar-refractivity contribution < 1.29 is 9.53 Å². The molecule has 4 rings (SSSR count). The molecule has 0 bridgehead atoms. The van der Waals surface area contributed by atoms with Crippen molar-refractivity contribution in [3.8, 4) is 0 Å². The first-order valence-electron chi connectivity index (χ1n) is 9.28. The predicted octanol–water partition coefficient (Wildman–Crippen LogP) is 5.21. The smallest absolute Gasteiger partial charge is 0.313 e. The van der Waals surface area contributed by atoms with Gasteiger partial charge in [0.25, 0.3) is 0 Å². The van der Waals surface area contributed by atoms with Crippen LogP contribution in [-0.2, 0) is 9.53 Å². The zero-order chi connectivity index (χ0) is 18.5. The van der Waals surface area contributed by atoms with Crippen LogP contribution in [0.2, 0.25) is 0 Å². The standard InChI is InChI=1S/C23H25NO2/c1-23(2,3)26-22(25)19-12-13-20(24)18-11-10-16-15-7-5-4-6-14(15)8-9-17(16)21(18)19/h4-11,19-20H,12-13,24H2,1-3H3. The zero-order valence-corrected chi connectivity index (χ0v) is 15.6. The summed E-state index contributed by atoms with van der Waals surface area (Å²) in [5.74, 6) is -0.403. The molecule has 2 unspecified atom stereocenters. The van der Waals surface area contributed by atoms with E-state index in [9.17, 15) is 4.79 Å². The fourth-order valence-electron chi connectivity index (χ4n) is 4.10. The van der Waals surface area contributed by atoms with E-state index in [2.05, 4.69) is 42.5 Å². The van der Waals surface area contributed by atoms with Gasteiger partial charge < -0.3 is 10.5 Å². The molecule has 0 fully saturated rings. The first-order chi connectivity index (χ1) is 12.3. The number of fused-ring (bicyclic) bond motifs is 5. The summed E-state index contributed by atoms with van der Waals surface area (Å²) in [6.07, 6.45) is 1.53. The lowest BCUT2D eigenvalue weighted by atomic mass is 9.77. The fourth-order valence-corrected chi connectivity index (χ4v) is 4.10. The highest BCUT2D eigenvalue weighted by atomic mass is 16.6. The van der Waals surface area contributed by atoms with E-state index in [1.54, 1.807) is 0 Å². The van der Waals surface area contributed by atoms with Crippen LogP contribution >= 0.6 is 0 Å². The molecule has 0 aliphatic heterocycles. The van der Waals surface area contributed by atoms with Crippen LogP contribution in [-0.4, -0.2) is 11.6 Å². The summed E-state index contributed by atoms with van der Waals surface area (Å²) in [5, 5.41) is 4.69. The SMILES string of the molecule is CC(C)(C)OC(=O)C1CCC(N)c2ccc3c(ccc4ccccc43)c21. The maximum Gasteiger partial charge on any atom is 0.313 e. The highest BCUT2D eigenvalue weighted by Crippen LogP contribution is 2.43. The number of hydrogen-bond acceptors (Lipinski definition) is 3. The molecule has 3 aromatic carbocycles. The molecule has 0 saturated carbocycles. The third-order valence-electron chi connectivity index (χ3n) is 5.21. The predicted molar refractivity (Wildman–Crippen MR) is 106 cm³/mol. The Morgan fingerprint density at radius 2 is 1.69 bits per heavy atom. The number of hydrogen-bond donors (Lipinski definition) is 1. The Balaban J connectivity index is 1.94. The van der Waals surface area contributed by atoms with Crippen LogP contribution in [0.3, 0.4) is 0 Å². The molecule has 1 aliphatic carbocycles. The second kappa shape index (κ2) is 6.10. The average Bonchev–Trinajstić information content (AvgIpc) is 2.60. The molecule has 0 radical (unpaired) electrons. The minimum atomic E-state index is -0.492. The van der Waals surface area contributed by atoms with Crippen molar-refractivity contribution in [3.05, 3.63) is 59.7 Å². The van der Waals surface area contributed by atoms with E-state index >= 15 is 0 Å². The minimum Gasteiger partial charge on any atom is -0.459 e. The number of nitrogens with two attached hydrogens (primary N) is 1. The summed E-state index contributed by atoms with van der Waals surface area (Å²) in [7, 11) is 0. The Morgan fingerprint density at radius 3 is 2.46 bits per heavy atom.